The van der Waals surface area contributed by atoms with E-state index in [2.05, 4.69) is 13.8 Å². The van der Waals surface area contributed by atoms with Crippen LogP contribution in [0.25, 0.3) is 21.5 Å². The van der Waals surface area contributed by atoms with Crippen molar-refractivity contribution in [1.29, 1.82) is 0 Å². The zero-order valence-electron chi connectivity index (χ0n) is 23.0. The molecule has 0 heterocycles. The fourth-order valence-corrected chi connectivity index (χ4v) is 4.49. The summed E-state index contributed by atoms with van der Waals surface area (Å²) in [6, 6.07) is 15.9. The van der Waals surface area contributed by atoms with Crippen LogP contribution in [0.15, 0.2) is 48.5 Å². The maximum atomic E-state index is 12.0. The van der Waals surface area contributed by atoms with Gasteiger partial charge in [0.05, 0.1) is 0 Å². The van der Waals surface area contributed by atoms with Gasteiger partial charge in [0.25, 0.3) is 0 Å². The molecule has 6 nitrogen and oxygen atoms in total. The topological polar surface area (TPSA) is 71.1 Å². The predicted molar refractivity (Wildman–Crippen MR) is 152 cm³/mol. The maximum Gasteiger partial charge on any atom is 0.305 e. The van der Waals surface area contributed by atoms with Crippen LogP contribution >= 0.6 is 0 Å². The molecular formula is C32H42O6. The third-order valence-electron chi connectivity index (χ3n) is 6.49. The van der Waals surface area contributed by atoms with Crippen molar-refractivity contribution in [2.24, 2.45) is 0 Å². The number of fused-ring (bicyclic) bond motifs is 2. The number of rotatable bonds is 18. The zero-order chi connectivity index (χ0) is 27.0. The SMILES string of the molecule is CCCCCCC(=O)OCCOc1c2ccccc2c(OCCOC(=O)CCCCCC)c2ccccc12. The molecule has 0 amide bonds. The summed E-state index contributed by atoms with van der Waals surface area (Å²) in [5.74, 6) is 1.12. The van der Waals surface area contributed by atoms with Crippen LogP contribution in [0.3, 0.4) is 0 Å². The Morgan fingerprint density at radius 2 is 0.895 bits per heavy atom. The molecule has 0 aliphatic heterocycles. The summed E-state index contributed by atoms with van der Waals surface area (Å²) in [4.78, 5) is 24.0. The Morgan fingerprint density at radius 3 is 1.24 bits per heavy atom. The van der Waals surface area contributed by atoms with Gasteiger partial charge in [-0.05, 0) is 12.8 Å². The fourth-order valence-electron chi connectivity index (χ4n) is 4.49. The highest BCUT2D eigenvalue weighted by Gasteiger charge is 2.16. The van der Waals surface area contributed by atoms with E-state index in [9.17, 15) is 9.59 Å². The molecule has 0 fully saturated rings. The fraction of sp³-hybridized carbons (Fsp3) is 0.500. The first-order valence-electron chi connectivity index (χ1n) is 14.2. The van der Waals surface area contributed by atoms with Gasteiger partial charge in [-0.15, -0.1) is 0 Å². The van der Waals surface area contributed by atoms with Crippen molar-refractivity contribution in [3.8, 4) is 11.5 Å². The molecule has 38 heavy (non-hydrogen) atoms. The standard InChI is InChI=1S/C32H42O6/c1-3-5-7-9-19-29(33)35-21-23-37-31-25-15-11-13-17-27(25)32(28-18-14-12-16-26(28)31)38-24-22-36-30(34)20-10-8-6-4-2/h11-18H,3-10,19-24H2,1-2H3. The molecule has 0 unspecified atom stereocenters. The molecule has 0 atom stereocenters. The largest absolute Gasteiger partial charge is 0.489 e. The average Bonchev–Trinajstić information content (AvgIpc) is 2.94. The number of carbonyl (C=O) groups excluding carboxylic acids is 2. The van der Waals surface area contributed by atoms with Crippen LogP contribution in [0.1, 0.15) is 78.1 Å². The Balaban J connectivity index is 1.63. The Labute approximate surface area is 226 Å². The minimum absolute atomic E-state index is 0.176. The molecule has 0 aliphatic carbocycles. The lowest BCUT2D eigenvalue weighted by molar-refractivity contribution is -0.145. The lowest BCUT2D eigenvalue weighted by Gasteiger charge is -2.18. The van der Waals surface area contributed by atoms with Crippen LogP contribution in [-0.4, -0.2) is 38.4 Å². The second-order valence-electron chi connectivity index (χ2n) is 9.51. The first-order valence-corrected chi connectivity index (χ1v) is 14.2. The van der Waals surface area contributed by atoms with E-state index in [0.717, 1.165) is 84.4 Å². The van der Waals surface area contributed by atoms with E-state index in [4.69, 9.17) is 18.9 Å². The van der Waals surface area contributed by atoms with Crippen molar-refractivity contribution < 1.29 is 28.5 Å². The number of unbranched alkanes of at least 4 members (excludes halogenated alkanes) is 6. The first-order chi connectivity index (χ1) is 18.7. The maximum absolute atomic E-state index is 12.0. The molecule has 0 saturated carbocycles. The van der Waals surface area contributed by atoms with Crippen molar-refractivity contribution in [2.75, 3.05) is 26.4 Å². The van der Waals surface area contributed by atoms with Gasteiger partial charge < -0.3 is 18.9 Å². The highest BCUT2D eigenvalue weighted by molar-refractivity contribution is 6.11. The van der Waals surface area contributed by atoms with E-state index in [1.165, 1.54) is 0 Å². The molecule has 3 aromatic carbocycles. The monoisotopic (exact) mass is 522 g/mol. The molecule has 0 saturated heterocycles. The van der Waals surface area contributed by atoms with Crippen LogP contribution in [0.4, 0.5) is 0 Å². The Kier molecular flexibility index (Phi) is 12.7. The highest BCUT2D eigenvalue weighted by Crippen LogP contribution is 2.42. The summed E-state index contributed by atoms with van der Waals surface area (Å²) in [6.07, 6.45) is 9.29. The van der Waals surface area contributed by atoms with Crippen molar-refractivity contribution in [2.45, 2.75) is 78.1 Å². The van der Waals surface area contributed by atoms with Crippen LogP contribution in [0, 0.1) is 0 Å². The highest BCUT2D eigenvalue weighted by atomic mass is 16.6. The summed E-state index contributed by atoms with van der Waals surface area (Å²) in [5.41, 5.74) is 0. The van der Waals surface area contributed by atoms with Crippen molar-refractivity contribution in [3.05, 3.63) is 48.5 Å². The van der Waals surface area contributed by atoms with Crippen LogP contribution in [0.2, 0.25) is 0 Å². The second kappa shape index (κ2) is 16.5. The summed E-state index contributed by atoms with van der Waals surface area (Å²) in [7, 11) is 0. The van der Waals surface area contributed by atoms with Crippen LogP contribution in [0.5, 0.6) is 11.5 Å². The Hall–Kier alpha value is -3.28. The molecule has 0 aliphatic rings. The van der Waals surface area contributed by atoms with E-state index < -0.39 is 0 Å². The van der Waals surface area contributed by atoms with Crippen molar-refractivity contribution in [1.82, 2.24) is 0 Å². The van der Waals surface area contributed by atoms with Crippen LogP contribution < -0.4 is 9.47 Å². The van der Waals surface area contributed by atoms with Gasteiger partial charge in [0.15, 0.2) is 0 Å². The van der Waals surface area contributed by atoms with E-state index in [0.29, 0.717) is 12.8 Å². The van der Waals surface area contributed by atoms with E-state index >= 15 is 0 Å². The summed E-state index contributed by atoms with van der Waals surface area (Å²) in [6.45, 7) is 5.24. The number of hydrogen-bond donors (Lipinski definition) is 0. The molecular weight excluding hydrogens is 480 g/mol. The Bertz CT molecular complexity index is 1010. The molecule has 3 rings (SSSR count). The first kappa shape index (κ1) is 29.3. The number of esters is 2. The molecule has 0 radical (unpaired) electrons. The van der Waals surface area contributed by atoms with E-state index in [1.54, 1.807) is 0 Å². The molecule has 6 heteroatoms. The summed E-state index contributed by atoms with van der Waals surface area (Å²) < 4.78 is 23.1. The predicted octanol–water partition coefficient (Wildman–Crippen LogP) is 7.78. The van der Waals surface area contributed by atoms with Crippen LogP contribution in [-0.2, 0) is 19.1 Å². The third kappa shape index (κ3) is 8.93. The quantitative estimate of drug-likeness (QED) is 0.0965. The third-order valence-corrected chi connectivity index (χ3v) is 6.49. The minimum Gasteiger partial charge on any atom is -0.489 e. The van der Waals surface area contributed by atoms with Gasteiger partial charge in [0.1, 0.15) is 37.9 Å². The Morgan fingerprint density at radius 1 is 0.526 bits per heavy atom. The zero-order valence-corrected chi connectivity index (χ0v) is 23.0. The molecule has 0 aromatic heterocycles. The number of hydrogen-bond acceptors (Lipinski definition) is 6. The molecule has 3 aromatic rings. The molecule has 0 bridgehead atoms. The average molecular weight is 523 g/mol. The number of ether oxygens (including phenoxy) is 4. The van der Waals surface area contributed by atoms with Gasteiger partial charge >= 0.3 is 11.9 Å². The molecule has 0 N–H and O–H groups in total. The lowest BCUT2D eigenvalue weighted by Crippen LogP contribution is -2.13. The van der Waals surface area contributed by atoms with E-state index in [-0.39, 0.29) is 38.4 Å². The van der Waals surface area contributed by atoms with Gasteiger partial charge in [-0.2, -0.15) is 0 Å². The van der Waals surface area contributed by atoms with Gasteiger partial charge in [-0.1, -0.05) is 101 Å². The lowest BCUT2D eigenvalue weighted by atomic mass is 10.0. The summed E-state index contributed by atoms with van der Waals surface area (Å²) >= 11 is 0. The van der Waals surface area contributed by atoms with Gasteiger partial charge in [0.2, 0.25) is 0 Å². The smallest absolute Gasteiger partial charge is 0.305 e. The van der Waals surface area contributed by atoms with E-state index in [1.807, 2.05) is 48.5 Å². The van der Waals surface area contributed by atoms with Crippen molar-refractivity contribution in [3.63, 3.8) is 0 Å². The normalized spacial score (nSPS) is 11.0. The minimum atomic E-state index is -0.176. The van der Waals surface area contributed by atoms with Crippen molar-refractivity contribution >= 4 is 33.5 Å². The number of benzene rings is 3. The van der Waals surface area contributed by atoms with Gasteiger partial charge in [0, 0.05) is 34.4 Å². The molecule has 206 valence electrons. The molecule has 0 spiro atoms. The van der Waals surface area contributed by atoms with Gasteiger partial charge in [-0.25, -0.2) is 0 Å². The van der Waals surface area contributed by atoms with Gasteiger partial charge in [-0.3, -0.25) is 9.59 Å². The second-order valence-corrected chi connectivity index (χ2v) is 9.51. The number of carbonyl (C=O) groups is 2. The summed E-state index contributed by atoms with van der Waals surface area (Å²) in [5, 5.41) is 3.67.